The lowest BCUT2D eigenvalue weighted by atomic mass is 9.78. The summed E-state index contributed by atoms with van der Waals surface area (Å²) < 4.78 is 0. The van der Waals surface area contributed by atoms with Crippen molar-refractivity contribution >= 4 is 11.6 Å². The maximum Gasteiger partial charge on any atom is 0.255 e. The standard InChI is InChI=1S/C12H16N2O2/c1-12(6-3-7-12)14-11(16)8-4-2-5-9(13)10(8)15/h2,4-5,15H,3,6-7,13H2,1H3,(H,14,16). The van der Waals surface area contributed by atoms with Gasteiger partial charge >= 0.3 is 0 Å². The van der Waals surface area contributed by atoms with Crippen LogP contribution in [-0.4, -0.2) is 16.6 Å². The summed E-state index contributed by atoms with van der Waals surface area (Å²) in [5.41, 5.74) is 5.89. The second kappa shape index (κ2) is 3.70. The minimum absolute atomic E-state index is 0.117. The van der Waals surface area contributed by atoms with Crippen LogP contribution in [0.3, 0.4) is 0 Å². The summed E-state index contributed by atoms with van der Waals surface area (Å²) in [4.78, 5) is 11.9. The fraction of sp³-hybridized carbons (Fsp3) is 0.417. The summed E-state index contributed by atoms with van der Waals surface area (Å²) in [5.74, 6) is -0.394. The van der Waals surface area contributed by atoms with Gasteiger partial charge in [0, 0.05) is 5.54 Å². The van der Waals surface area contributed by atoms with Gasteiger partial charge in [0.25, 0.3) is 5.91 Å². The molecule has 1 aliphatic carbocycles. The smallest absolute Gasteiger partial charge is 0.255 e. The topological polar surface area (TPSA) is 75.4 Å². The van der Waals surface area contributed by atoms with Gasteiger partial charge in [-0.05, 0) is 38.3 Å². The average Bonchev–Trinajstić information content (AvgIpc) is 2.19. The van der Waals surface area contributed by atoms with Crippen molar-refractivity contribution in [3.63, 3.8) is 0 Å². The number of amides is 1. The van der Waals surface area contributed by atoms with Crippen LogP contribution in [-0.2, 0) is 0 Å². The first-order chi connectivity index (χ1) is 7.52. The fourth-order valence-corrected chi connectivity index (χ4v) is 1.92. The van der Waals surface area contributed by atoms with Crippen molar-refractivity contribution in [3.8, 4) is 5.75 Å². The third-order valence-corrected chi connectivity index (χ3v) is 3.18. The lowest BCUT2D eigenvalue weighted by molar-refractivity contribution is 0.0848. The normalized spacial score (nSPS) is 17.6. The van der Waals surface area contributed by atoms with Crippen LogP contribution in [0.5, 0.6) is 5.75 Å². The van der Waals surface area contributed by atoms with Crippen LogP contribution in [0.1, 0.15) is 36.5 Å². The highest BCUT2D eigenvalue weighted by atomic mass is 16.3. The number of nitrogens with one attached hydrogen (secondary N) is 1. The molecule has 1 fully saturated rings. The predicted octanol–water partition coefficient (Wildman–Crippen LogP) is 1.65. The molecule has 0 atom stereocenters. The zero-order valence-electron chi connectivity index (χ0n) is 9.29. The zero-order chi connectivity index (χ0) is 11.8. The molecule has 1 aromatic rings. The van der Waals surface area contributed by atoms with Crippen molar-refractivity contribution < 1.29 is 9.90 Å². The van der Waals surface area contributed by atoms with Gasteiger partial charge < -0.3 is 16.2 Å². The average molecular weight is 220 g/mol. The third-order valence-electron chi connectivity index (χ3n) is 3.18. The van der Waals surface area contributed by atoms with E-state index in [1.807, 2.05) is 6.92 Å². The molecule has 0 spiro atoms. The highest BCUT2D eigenvalue weighted by molar-refractivity contribution is 5.98. The van der Waals surface area contributed by atoms with Gasteiger partial charge in [-0.2, -0.15) is 0 Å². The van der Waals surface area contributed by atoms with Crippen LogP contribution in [0.25, 0.3) is 0 Å². The molecule has 86 valence electrons. The summed E-state index contributed by atoms with van der Waals surface area (Å²) in [6.45, 7) is 2.01. The lowest BCUT2D eigenvalue weighted by Gasteiger charge is -2.39. The zero-order valence-corrected chi connectivity index (χ0v) is 9.29. The molecule has 0 aromatic heterocycles. The summed E-state index contributed by atoms with van der Waals surface area (Å²) >= 11 is 0. The van der Waals surface area contributed by atoms with E-state index in [1.165, 1.54) is 0 Å². The Morgan fingerprint density at radius 1 is 1.50 bits per heavy atom. The molecule has 1 amide bonds. The Morgan fingerprint density at radius 3 is 2.75 bits per heavy atom. The molecule has 1 saturated carbocycles. The van der Waals surface area contributed by atoms with E-state index < -0.39 is 0 Å². The number of nitrogens with two attached hydrogens (primary N) is 1. The van der Waals surface area contributed by atoms with Gasteiger partial charge in [0.15, 0.2) is 5.75 Å². The molecule has 2 rings (SSSR count). The van der Waals surface area contributed by atoms with Crippen molar-refractivity contribution in [1.82, 2.24) is 5.32 Å². The lowest BCUT2D eigenvalue weighted by Crippen LogP contribution is -2.50. The first kappa shape index (κ1) is 10.8. The molecule has 1 aliphatic rings. The van der Waals surface area contributed by atoms with Gasteiger partial charge in [-0.1, -0.05) is 6.07 Å². The Bertz CT molecular complexity index is 425. The molecule has 0 unspecified atom stereocenters. The first-order valence-electron chi connectivity index (χ1n) is 5.42. The second-order valence-corrected chi connectivity index (χ2v) is 4.61. The van der Waals surface area contributed by atoms with Gasteiger partial charge in [0.1, 0.15) is 0 Å². The van der Waals surface area contributed by atoms with Gasteiger partial charge in [-0.15, -0.1) is 0 Å². The van der Waals surface area contributed by atoms with Crippen LogP contribution < -0.4 is 11.1 Å². The number of carbonyl (C=O) groups is 1. The van der Waals surface area contributed by atoms with Crippen LogP contribution in [0.15, 0.2) is 18.2 Å². The van der Waals surface area contributed by atoms with E-state index in [2.05, 4.69) is 5.32 Å². The number of hydrogen-bond acceptors (Lipinski definition) is 3. The molecule has 1 aromatic carbocycles. The Labute approximate surface area is 94.5 Å². The number of nitrogen functional groups attached to an aromatic ring is 1. The van der Waals surface area contributed by atoms with E-state index >= 15 is 0 Å². The summed E-state index contributed by atoms with van der Waals surface area (Å²) in [5, 5.41) is 12.6. The third kappa shape index (κ3) is 1.83. The number of aromatic hydroxyl groups is 1. The largest absolute Gasteiger partial charge is 0.505 e. The SMILES string of the molecule is CC1(NC(=O)c2cccc(N)c2O)CCC1. The summed E-state index contributed by atoms with van der Waals surface area (Å²) in [7, 11) is 0. The molecule has 0 saturated heterocycles. The van der Waals surface area contributed by atoms with E-state index in [0.717, 1.165) is 19.3 Å². The fourth-order valence-electron chi connectivity index (χ4n) is 1.92. The van der Waals surface area contributed by atoms with E-state index in [-0.39, 0.29) is 28.4 Å². The maximum absolute atomic E-state index is 11.9. The van der Waals surface area contributed by atoms with E-state index in [4.69, 9.17) is 5.73 Å². The van der Waals surface area contributed by atoms with Crippen molar-refractivity contribution in [2.45, 2.75) is 31.7 Å². The van der Waals surface area contributed by atoms with Gasteiger partial charge in [0.2, 0.25) is 0 Å². The number of hydrogen-bond donors (Lipinski definition) is 3. The molecule has 16 heavy (non-hydrogen) atoms. The number of phenols is 1. The Kier molecular flexibility index (Phi) is 2.50. The Balaban J connectivity index is 2.17. The maximum atomic E-state index is 11.9. The molecule has 0 radical (unpaired) electrons. The minimum Gasteiger partial charge on any atom is -0.505 e. The molecule has 0 aliphatic heterocycles. The van der Waals surface area contributed by atoms with E-state index in [1.54, 1.807) is 18.2 Å². The minimum atomic E-state index is -0.257. The summed E-state index contributed by atoms with van der Waals surface area (Å²) in [6, 6.07) is 4.80. The highest BCUT2D eigenvalue weighted by Crippen LogP contribution is 2.32. The summed E-state index contributed by atoms with van der Waals surface area (Å²) in [6.07, 6.45) is 3.11. The van der Waals surface area contributed by atoms with Crippen molar-refractivity contribution in [2.75, 3.05) is 5.73 Å². The van der Waals surface area contributed by atoms with Crippen LogP contribution in [0.2, 0.25) is 0 Å². The highest BCUT2D eigenvalue weighted by Gasteiger charge is 2.33. The second-order valence-electron chi connectivity index (χ2n) is 4.61. The van der Waals surface area contributed by atoms with Crippen LogP contribution in [0.4, 0.5) is 5.69 Å². The van der Waals surface area contributed by atoms with Gasteiger partial charge in [-0.3, -0.25) is 4.79 Å². The van der Waals surface area contributed by atoms with Crippen LogP contribution in [0, 0.1) is 0 Å². The molecule has 4 N–H and O–H groups in total. The molecule has 4 heteroatoms. The number of rotatable bonds is 2. The van der Waals surface area contributed by atoms with Crippen molar-refractivity contribution in [2.24, 2.45) is 0 Å². The number of benzene rings is 1. The number of phenolic OH excluding ortho intramolecular Hbond substituents is 1. The number of carbonyl (C=O) groups excluding carboxylic acids is 1. The molecule has 4 nitrogen and oxygen atoms in total. The number of para-hydroxylation sites is 1. The Morgan fingerprint density at radius 2 is 2.19 bits per heavy atom. The molecular weight excluding hydrogens is 204 g/mol. The van der Waals surface area contributed by atoms with Gasteiger partial charge in [0.05, 0.1) is 11.3 Å². The van der Waals surface area contributed by atoms with Crippen molar-refractivity contribution in [1.29, 1.82) is 0 Å². The monoisotopic (exact) mass is 220 g/mol. The first-order valence-corrected chi connectivity index (χ1v) is 5.42. The molecule has 0 bridgehead atoms. The van der Waals surface area contributed by atoms with Gasteiger partial charge in [-0.25, -0.2) is 0 Å². The van der Waals surface area contributed by atoms with E-state index in [0.29, 0.717) is 0 Å². The quantitative estimate of drug-likeness (QED) is 0.524. The predicted molar refractivity (Wildman–Crippen MR) is 62.2 cm³/mol. The van der Waals surface area contributed by atoms with Crippen LogP contribution >= 0.6 is 0 Å². The molecule has 0 heterocycles. The molecular formula is C12H16N2O2. The Hall–Kier alpha value is -1.71. The number of anilines is 1. The van der Waals surface area contributed by atoms with Crippen molar-refractivity contribution in [3.05, 3.63) is 23.8 Å². The van der Waals surface area contributed by atoms with E-state index in [9.17, 15) is 9.90 Å².